The largest absolute Gasteiger partial charge is 0.345 e. The number of thioether (sulfide) groups is 1. The molecule has 2 aromatic carbocycles. The van der Waals surface area contributed by atoms with Crippen molar-refractivity contribution in [3.05, 3.63) is 81.0 Å². The van der Waals surface area contributed by atoms with Crippen LogP contribution in [0.15, 0.2) is 64.7 Å². The minimum atomic E-state index is -0.254. The lowest BCUT2D eigenvalue weighted by atomic mass is 10.2. The molecule has 166 valence electrons. The summed E-state index contributed by atoms with van der Waals surface area (Å²) >= 11 is 16.6. The Morgan fingerprint density at radius 1 is 1.19 bits per heavy atom. The molecule has 1 aromatic heterocycles. The number of anilines is 1. The molecule has 11 heteroatoms. The van der Waals surface area contributed by atoms with Gasteiger partial charge >= 0.3 is 0 Å². The van der Waals surface area contributed by atoms with Gasteiger partial charge < -0.3 is 15.2 Å². The van der Waals surface area contributed by atoms with E-state index in [1.165, 1.54) is 11.8 Å². The van der Waals surface area contributed by atoms with E-state index < -0.39 is 0 Å². The average Bonchev–Trinajstić information content (AvgIpc) is 3.15. The second-order valence-electron chi connectivity index (χ2n) is 6.42. The molecule has 0 aliphatic rings. The second-order valence-corrected chi connectivity index (χ2v) is 9.06. The Labute approximate surface area is 207 Å². The Balaban J connectivity index is 1.62. The van der Waals surface area contributed by atoms with Crippen LogP contribution in [0.1, 0.15) is 16.2 Å². The van der Waals surface area contributed by atoms with Crippen LogP contribution in [-0.2, 0) is 17.9 Å². The molecule has 3 rings (SSSR count). The van der Waals surface area contributed by atoms with Crippen molar-refractivity contribution in [1.29, 1.82) is 0 Å². The highest BCUT2D eigenvalue weighted by Gasteiger charge is 2.16. The first-order valence-electron chi connectivity index (χ1n) is 9.32. The summed E-state index contributed by atoms with van der Waals surface area (Å²) in [5.74, 6) is 0.154. The van der Waals surface area contributed by atoms with Crippen molar-refractivity contribution in [2.24, 2.45) is 0 Å². The van der Waals surface area contributed by atoms with E-state index >= 15 is 0 Å². The van der Waals surface area contributed by atoms with Crippen LogP contribution in [-0.4, -0.2) is 32.3 Å². The van der Waals surface area contributed by atoms with Gasteiger partial charge in [-0.3, -0.25) is 9.59 Å². The maximum atomic E-state index is 12.5. The van der Waals surface area contributed by atoms with E-state index in [4.69, 9.17) is 23.2 Å². The number of rotatable bonds is 9. The van der Waals surface area contributed by atoms with Gasteiger partial charge in [0.05, 0.1) is 28.6 Å². The molecule has 2 N–H and O–H groups in total. The maximum absolute atomic E-state index is 12.5. The number of hydrogen-bond acceptors (Lipinski definition) is 5. The van der Waals surface area contributed by atoms with Crippen LogP contribution in [0.4, 0.5) is 5.69 Å². The van der Waals surface area contributed by atoms with Gasteiger partial charge in [-0.2, -0.15) is 0 Å². The molecule has 32 heavy (non-hydrogen) atoms. The molecular weight excluding hydrogens is 537 g/mol. The number of nitrogens with one attached hydrogen (secondary N) is 2. The van der Waals surface area contributed by atoms with E-state index in [0.717, 1.165) is 0 Å². The Hall–Kier alpha value is -2.33. The second kappa shape index (κ2) is 11.5. The summed E-state index contributed by atoms with van der Waals surface area (Å²) in [6.07, 6.45) is 1.69. The predicted octanol–water partition coefficient (Wildman–Crippen LogP) is 5.19. The summed E-state index contributed by atoms with van der Waals surface area (Å²) in [6, 6.07) is 12.0. The number of carbonyl (C=O) groups is 2. The lowest BCUT2D eigenvalue weighted by Gasteiger charge is -2.10. The third-order valence-corrected chi connectivity index (χ3v) is 6.37. The SMILES string of the molecule is C=CCn1c(CNC(=O)c2ccccc2Br)nnc1SCC(=O)Nc1ccc(Cl)cc1Cl. The van der Waals surface area contributed by atoms with Crippen LogP contribution in [0.3, 0.4) is 0 Å². The lowest BCUT2D eigenvalue weighted by molar-refractivity contribution is -0.113. The number of allylic oxidation sites excluding steroid dienone is 1. The van der Waals surface area contributed by atoms with Crippen molar-refractivity contribution in [3.8, 4) is 0 Å². The number of amides is 2. The van der Waals surface area contributed by atoms with Gasteiger partial charge in [-0.1, -0.05) is 53.2 Å². The summed E-state index contributed by atoms with van der Waals surface area (Å²) < 4.78 is 2.49. The molecule has 0 aliphatic heterocycles. The quantitative estimate of drug-likeness (QED) is 0.280. The highest BCUT2D eigenvalue weighted by molar-refractivity contribution is 9.10. The first-order valence-corrected chi connectivity index (χ1v) is 11.9. The van der Waals surface area contributed by atoms with Gasteiger partial charge in [0.1, 0.15) is 0 Å². The normalized spacial score (nSPS) is 10.6. The van der Waals surface area contributed by atoms with Crippen LogP contribution < -0.4 is 10.6 Å². The highest BCUT2D eigenvalue weighted by atomic mass is 79.9. The van der Waals surface area contributed by atoms with Gasteiger partial charge in [0.15, 0.2) is 11.0 Å². The van der Waals surface area contributed by atoms with Crippen molar-refractivity contribution in [1.82, 2.24) is 20.1 Å². The van der Waals surface area contributed by atoms with Gasteiger partial charge in [-0.25, -0.2) is 0 Å². The molecule has 7 nitrogen and oxygen atoms in total. The number of carbonyl (C=O) groups excluding carboxylic acids is 2. The van der Waals surface area contributed by atoms with Crippen LogP contribution in [0.25, 0.3) is 0 Å². The summed E-state index contributed by atoms with van der Waals surface area (Å²) in [6.45, 7) is 4.36. The summed E-state index contributed by atoms with van der Waals surface area (Å²) in [4.78, 5) is 24.8. The molecule has 0 bridgehead atoms. The minimum Gasteiger partial charge on any atom is -0.345 e. The van der Waals surface area contributed by atoms with E-state index in [1.54, 1.807) is 47.0 Å². The van der Waals surface area contributed by atoms with Crippen molar-refractivity contribution >= 4 is 68.4 Å². The van der Waals surface area contributed by atoms with E-state index in [-0.39, 0.29) is 24.1 Å². The van der Waals surface area contributed by atoms with Crippen molar-refractivity contribution in [2.75, 3.05) is 11.1 Å². The van der Waals surface area contributed by atoms with Crippen molar-refractivity contribution in [3.63, 3.8) is 0 Å². The number of aromatic nitrogens is 3. The van der Waals surface area contributed by atoms with E-state index in [9.17, 15) is 9.59 Å². The first-order chi connectivity index (χ1) is 15.4. The third-order valence-electron chi connectivity index (χ3n) is 4.17. The van der Waals surface area contributed by atoms with E-state index in [1.807, 2.05) is 6.07 Å². The molecular formula is C21H18BrCl2N5O2S. The zero-order valence-corrected chi connectivity index (χ0v) is 20.6. The zero-order valence-electron chi connectivity index (χ0n) is 16.6. The van der Waals surface area contributed by atoms with Gasteiger partial charge in [-0.05, 0) is 46.3 Å². The van der Waals surface area contributed by atoms with Gasteiger partial charge in [0, 0.05) is 16.0 Å². The van der Waals surface area contributed by atoms with Crippen molar-refractivity contribution < 1.29 is 9.59 Å². The van der Waals surface area contributed by atoms with Crippen molar-refractivity contribution in [2.45, 2.75) is 18.2 Å². The predicted molar refractivity (Wildman–Crippen MR) is 131 cm³/mol. The molecule has 0 aliphatic carbocycles. The Morgan fingerprint density at radius 2 is 1.97 bits per heavy atom. The fourth-order valence-electron chi connectivity index (χ4n) is 2.68. The topological polar surface area (TPSA) is 88.9 Å². The molecule has 0 atom stereocenters. The number of hydrogen-bond donors (Lipinski definition) is 2. The van der Waals surface area contributed by atoms with Gasteiger partial charge in [0.25, 0.3) is 5.91 Å². The minimum absolute atomic E-state index is 0.0948. The maximum Gasteiger partial charge on any atom is 0.252 e. The highest BCUT2D eigenvalue weighted by Crippen LogP contribution is 2.26. The average molecular weight is 555 g/mol. The molecule has 0 fully saturated rings. The van der Waals surface area contributed by atoms with Crippen LogP contribution in [0.5, 0.6) is 0 Å². The summed E-state index contributed by atoms with van der Waals surface area (Å²) in [5, 5.41) is 15.3. The Kier molecular flexibility index (Phi) is 8.75. The Morgan fingerprint density at radius 3 is 2.69 bits per heavy atom. The number of nitrogens with zero attached hydrogens (tertiary/aromatic N) is 3. The molecule has 0 saturated heterocycles. The molecule has 2 amide bonds. The lowest BCUT2D eigenvalue weighted by Crippen LogP contribution is -2.25. The van der Waals surface area contributed by atoms with Gasteiger partial charge in [-0.15, -0.1) is 16.8 Å². The van der Waals surface area contributed by atoms with E-state index in [2.05, 4.69) is 43.3 Å². The van der Waals surface area contributed by atoms with Gasteiger partial charge in [0.2, 0.25) is 5.91 Å². The molecule has 0 spiro atoms. The molecule has 1 heterocycles. The van der Waals surface area contributed by atoms with Crippen LogP contribution >= 0.6 is 50.9 Å². The fraction of sp³-hybridized carbons (Fsp3) is 0.143. The van der Waals surface area contributed by atoms with Crippen LogP contribution in [0, 0.1) is 0 Å². The zero-order chi connectivity index (χ0) is 23.1. The Bertz CT molecular complexity index is 1150. The standard InChI is InChI=1S/C21H18BrCl2N5O2S/c1-2-9-29-18(11-25-20(31)14-5-3-4-6-15(14)22)27-28-21(29)32-12-19(30)26-17-8-7-13(23)10-16(17)24/h2-8,10H,1,9,11-12H2,(H,25,31)(H,26,30). The fourth-order valence-corrected chi connectivity index (χ4v) is 4.36. The molecule has 3 aromatic rings. The molecule has 0 radical (unpaired) electrons. The molecule has 0 saturated carbocycles. The van der Waals surface area contributed by atoms with E-state index in [0.29, 0.717) is 43.3 Å². The van der Waals surface area contributed by atoms with Crippen LogP contribution in [0.2, 0.25) is 10.0 Å². The number of benzene rings is 2. The third kappa shape index (κ3) is 6.35. The summed E-state index contributed by atoms with van der Waals surface area (Å²) in [5.41, 5.74) is 0.999. The smallest absolute Gasteiger partial charge is 0.252 e. The number of halogens is 3. The first kappa shape index (κ1) is 24.3. The summed E-state index contributed by atoms with van der Waals surface area (Å²) in [7, 11) is 0. The molecule has 0 unspecified atom stereocenters. The monoisotopic (exact) mass is 553 g/mol.